The molecular formula is C13H17ClNO5P. The van der Waals surface area contributed by atoms with E-state index in [1.165, 1.54) is 6.08 Å². The molecule has 0 spiro atoms. The second-order valence-electron chi connectivity index (χ2n) is 4.65. The van der Waals surface area contributed by atoms with Crippen molar-refractivity contribution >= 4 is 25.2 Å². The molecule has 0 aliphatic rings. The third kappa shape index (κ3) is 7.29. The molecule has 8 heteroatoms. The maximum Gasteiger partial charge on any atom is 0.354 e. The molecule has 1 aromatic carbocycles. The monoisotopic (exact) mass is 333 g/mol. The molecule has 0 saturated heterocycles. The van der Waals surface area contributed by atoms with Gasteiger partial charge < -0.3 is 20.3 Å². The Bertz CT molecular complexity index is 566. The molecule has 1 rings (SSSR count). The van der Waals surface area contributed by atoms with Crippen LogP contribution in [0.25, 0.3) is 0 Å². The van der Waals surface area contributed by atoms with Crippen molar-refractivity contribution in [1.82, 2.24) is 0 Å². The van der Waals surface area contributed by atoms with Crippen molar-refractivity contribution in [1.29, 1.82) is 0 Å². The number of rotatable bonds is 6. The first-order valence-electron chi connectivity index (χ1n) is 6.11. The fraction of sp³-hybridized carbons (Fsp3) is 0.308. The van der Waals surface area contributed by atoms with E-state index in [0.29, 0.717) is 5.02 Å². The second kappa shape index (κ2) is 7.61. The highest BCUT2D eigenvalue weighted by Crippen LogP contribution is 2.37. The molecule has 116 valence electrons. The van der Waals surface area contributed by atoms with Crippen molar-refractivity contribution in [2.24, 2.45) is 11.7 Å². The topological polar surface area (TPSA) is 110 Å². The Labute approximate surface area is 127 Å². The molecule has 6 nitrogen and oxygen atoms in total. The first-order valence-corrected chi connectivity index (χ1v) is 8.28. The van der Waals surface area contributed by atoms with Gasteiger partial charge in [-0.05, 0) is 23.6 Å². The highest BCUT2D eigenvalue weighted by molar-refractivity contribution is 7.51. The summed E-state index contributed by atoms with van der Waals surface area (Å²) in [4.78, 5) is 29.3. The number of carbonyl (C=O) groups excluding carboxylic acids is 1. The van der Waals surface area contributed by atoms with Crippen LogP contribution in [0.4, 0.5) is 0 Å². The molecule has 0 aliphatic carbocycles. The molecular weight excluding hydrogens is 317 g/mol. The third-order valence-electron chi connectivity index (χ3n) is 2.51. The summed E-state index contributed by atoms with van der Waals surface area (Å²) < 4.78 is 15.8. The van der Waals surface area contributed by atoms with E-state index >= 15 is 0 Å². The number of ether oxygens (including phenoxy) is 1. The minimum atomic E-state index is -4.14. The number of hydrogen-bond donors (Lipinski definition) is 3. The zero-order chi connectivity index (χ0) is 16.0. The van der Waals surface area contributed by atoms with Crippen molar-refractivity contribution in [3.05, 3.63) is 46.6 Å². The van der Waals surface area contributed by atoms with Crippen LogP contribution in [0.5, 0.6) is 0 Å². The molecule has 0 radical (unpaired) electrons. The standard InChI is InChI=1S/C13H17ClNO5P/c1-9(8-21(17,18)19)6-12(15)13(16)20-7-10-2-4-11(14)5-3-10/h2-6,9H,7-8,15H2,1H3,(H2,17,18,19)/b12-6+. The van der Waals surface area contributed by atoms with E-state index in [2.05, 4.69) is 0 Å². The zero-order valence-corrected chi connectivity index (χ0v) is 13.1. The van der Waals surface area contributed by atoms with Gasteiger partial charge in [0.1, 0.15) is 12.3 Å². The van der Waals surface area contributed by atoms with E-state index in [9.17, 15) is 9.36 Å². The Morgan fingerprint density at radius 3 is 2.52 bits per heavy atom. The van der Waals surface area contributed by atoms with Crippen LogP contribution in [0.2, 0.25) is 5.02 Å². The van der Waals surface area contributed by atoms with Crippen molar-refractivity contribution in [3.63, 3.8) is 0 Å². The van der Waals surface area contributed by atoms with Crippen molar-refractivity contribution < 1.29 is 23.9 Å². The predicted octanol–water partition coefficient (Wildman–Crippen LogP) is 2.04. The van der Waals surface area contributed by atoms with Crippen LogP contribution in [-0.2, 0) is 20.7 Å². The maximum atomic E-state index is 11.6. The van der Waals surface area contributed by atoms with Gasteiger partial charge in [-0.2, -0.15) is 0 Å². The number of hydrogen-bond acceptors (Lipinski definition) is 4. The van der Waals surface area contributed by atoms with E-state index in [0.717, 1.165) is 5.56 Å². The summed E-state index contributed by atoms with van der Waals surface area (Å²) in [6, 6.07) is 6.77. The van der Waals surface area contributed by atoms with Crippen LogP contribution in [0.15, 0.2) is 36.0 Å². The first kappa shape index (κ1) is 17.7. The van der Waals surface area contributed by atoms with E-state index in [-0.39, 0.29) is 18.5 Å². The first-order chi connectivity index (χ1) is 9.67. The Kier molecular flexibility index (Phi) is 6.42. The highest BCUT2D eigenvalue weighted by atomic mass is 35.5. The molecule has 0 bridgehead atoms. The lowest BCUT2D eigenvalue weighted by Crippen LogP contribution is -2.16. The number of allylic oxidation sites excluding steroid dienone is 1. The molecule has 1 atom stereocenters. The van der Waals surface area contributed by atoms with E-state index in [4.69, 9.17) is 31.9 Å². The van der Waals surface area contributed by atoms with Crippen molar-refractivity contribution in [2.75, 3.05) is 6.16 Å². The van der Waals surface area contributed by atoms with Gasteiger partial charge in [0.2, 0.25) is 0 Å². The summed E-state index contributed by atoms with van der Waals surface area (Å²) in [5.41, 5.74) is 6.12. The largest absolute Gasteiger partial charge is 0.456 e. The minimum Gasteiger partial charge on any atom is -0.456 e. The lowest BCUT2D eigenvalue weighted by molar-refractivity contribution is -0.140. The molecule has 0 heterocycles. The molecule has 4 N–H and O–H groups in total. The minimum absolute atomic E-state index is 0.0391. The van der Waals surface area contributed by atoms with Crippen LogP contribution in [0.3, 0.4) is 0 Å². The van der Waals surface area contributed by atoms with Gasteiger partial charge in [-0.15, -0.1) is 0 Å². The highest BCUT2D eigenvalue weighted by Gasteiger charge is 2.18. The Balaban J connectivity index is 2.54. The second-order valence-corrected chi connectivity index (χ2v) is 6.78. The quantitative estimate of drug-likeness (QED) is 0.417. The molecule has 0 aliphatic heterocycles. The SMILES string of the molecule is CC(/C=C(/N)C(=O)OCc1ccc(Cl)cc1)CP(=O)(O)O. The fourth-order valence-electron chi connectivity index (χ4n) is 1.62. The zero-order valence-electron chi connectivity index (χ0n) is 11.4. The summed E-state index contributed by atoms with van der Waals surface area (Å²) in [5, 5.41) is 0.579. The van der Waals surface area contributed by atoms with Gasteiger partial charge in [-0.1, -0.05) is 36.7 Å². The average molecular weight is 334 g/mol. The summed E-state index contributed by atoms with van der Waals surface area (Å²) in [6.45, 7) is 1.59. The lowest BCUT2D eigenvalue weighted by Gasteiger charge is -2.10. The number of halogens is 1. The number of nitrogens with two attached hydrogens (primary N) is 1. The van der Waals surface area contributed by atoms with Crippen molar-refractivity contribution in [3.8, 4) is 0 Å². The van der Waals surface area contributed by atoms with Crippen LogP contribution in [0.1, 0.15) is 12.5 Å². The van der Waals surface area contributed by atoms with Crippen LogP contribution >= 0.6 is 19.2 Å². The lowest BCUT2D eigenvalue weighted by atomic mass is 10.2. The number of benzene rings is 1. The van der Waals surface area contributed by atoms with E-state index in [1.54, 1.807) is 31.2 Å². The van der Waals surface area contributed by atoms with Gasteiger partial charge in [0.15, 0.2) is 0 Å². The molecule has 1 unspecified atom stereocenters. The Hall–Kier alpha value is -1.33. The number of esters is 1. The fourth-order valence-corrected chi connectivity index (χ4v) is 2.60. The molecule has 0 fully saturated rings. The van der Waals surface area contributed by atoms with Gasteiger partial charge in [0.25, 0.3) is 0 Å². The van der Waals surface area contributed by atoms with Crippen LogP contribution in [-0.4, -0.2) is 21.9 Å². The normalized spacial score (nSPS) is 13.8. The van der Waals surface area contributed by atoms with E-state index < -0.39 is 19.5 Å². The summed E-state index contributed by atoms with van der Waals surface area (Å²) >= 11 is 5.73. The Morgan fingerprint density at radius 1 is 1.43 bits per heavy atom. The van der Waals surface area contributed by atoms with Gasteiger partial charge in [0.05, 0.1) is 6.16 Å². The van der Waals surface area contributed by atoms with Gasteiger partial charge in [0, 0.05) is 5.02 Å². The summed E-state index contributed by atoms with van der Waals surface area (Å²) in [7, 11) is -4.14. The van der Waals surface area contributed by atoms with Gasteiger partial charge >= 0.3 is 13.6 Å². The van der Waals surface area contributed by atoms with Gasteiger partial charge in [-0.25, -0.2) is 4.79 Å². The molecule has 0 amide bonds. The average Bonchev–Trinajstić information content (AvgIpc) is 2.35. The summed E-state index contributed by atoms with van der Waals surface area (Å²) in [6.07, 6.45) is 0.904. The smallest absolute Gasteiger partial charge is 0.354 e. The molecule has 1 aromatic rings. The summed E-state index contributed by atoms with van der Waals surface area (Å²) in [5.74, 6) is -1.27. The maximum absolute atomic E-state index is 11.6. The molecule has 21 heavy (non-hydrogen) atoms. The third-order valence-corrected chi connectivity index (χ3v) is 3.81. The molecule has 0 saturated carbocycles. The van der Waals surface area contributed by atoms with Crippen LogP contribution in [0, 0.1) is 5.92 Å². The Morgan fingerprint density at radius 2 is 2.00 bits per heavy atom. The molecule has 0 aromatic heterocycles. The van der Waals surface area contributed by atoms with Crippen LogP contribution < -0.4 is 5.73 Å². The van der Waals surface area contributed by atoms with E-state index in [1.807, 2.05) is 0 Å². The predicted molar refractivity (Wildman–Crippen MR) is 79.6 cm³/mol. The van der Waals surface area contributed by atoms with Gasteiger partial charge in [-0.3, -0.25) is 4.57 Å². The van der Waals surface area contributed by atoms with Crippen molar-refractivity contribution in [2.45, 2.75) is 13.5 Å². The number of carbonyl (C=O) groups is 1.